The number of anilines is 2. The number of amides is 2. The molecule has 4 rings (SSSR count). The van der Waals surface area contributed by atoms with Crippen LogP contribution in [0, 0.1) is 24.6 Å². The Labute approximate surface area is 256 Å². The fraction of sp³-hybridized carbons (Fsp3) is 0.750. The van der Waals surface area contributed by atoms with Gasteiger partial charge in [0.05, 0.1) is 44.2 Å². The Balaban J connectivity index is 0.000000586. The first-order valence-electron chi connectivity index (χ1n) is 13.9. The van der Waals surface area contributed by atoms with E-state index in [9.17, 15) is 31.6 Å². The number of nitrogens with one attached hydrogen (secondary N) is 2. The van der Waals surface area contributed by atoms with Crippen molar-refractivity contribution in [2.45, 2.75) is 45.1 Å². The lowest BCUT2D eigenvalue weighted by atomic mass is 9.92. The van der Waals surface area contributed by atoms with Gasteiger partial charge in [-0.05, 0) is 19.3 Å². The van der Waals surface area contributed by atoms with E-state index in [1.54, 1.807) is 6.92 Å². The molecule has 252 valence electrons. The zero-order valence-corrected chi connectivity index (χ0v) is 26.6. The summed E-state index contributed by atoms with van der Waals surface area (Å²) in [6.07, 6.45) is 6.52. The molecule has 44 heavy (non-hydrogen) atoms. The summed E-state index contributed by atoms with van der Waals surface area (Å²) >= 11 is 0. The van der Waals surface area contributed by atoms with Crippen LogP contribution in [0.5, 0.6) is 0 Å². The number of ether oxygens (including phenoxy) is 1. The highest BCUT2D eigenvalue weighted by Crippen LogP contribution is 2.31. The summed E-state index contributed by atoms with van der Waals surface area (Å²) < 4.78 is 72.7. The summed E-state index contributed by atoms with van der Waals surface area (Å²) in [6.45, 7) is 5.78. The summed E-state index contributed by atoms with van der Waals surface area (Å²) in [6, 6.07) is 0.184. The van der Waals surface area contributed by atoms with Gasteiger partial charge in [0.2, 0.25) is 18.1 Å². The Morgan fingerprint density at radius 2 is 1.75 bits per heavy atom. The third-order valence-corrected chi connectivity index (χ3v) is 6.98. The molecule has 5 N–H and O–H groups in total. The van der Waals surface area contributed by atoms with Crippen molar-refractivity contribution in [3.63, 3.8) is 0 Å². The maximum Gasteiger partial charge on any atom is 0.261 e. The van der Waals surface area contributed by atoms with Gasteiger partial charge in [-0.1, -0.05) is 25.7 Å². The van der Waals surface area contributed by atoms with Gasteiger partial charge in [-0.3, -0.25) is 39.7 Å². The average Bonchev–Trinajstić information content (AvgIpc) is 3.43. The average molecular weight is 672 g/mol. The minimum atomic E-state index is -3.67. The summed E-state index contributed by atoms with van der Waals surface area (Å²) in [4.78, 5) is 36.5. The Kier molecular flexibility index (Phi) is 14.5. The predicted molar refractivity (Wildman–Crippen MR) is 156 cm³/mol. The van der Waals surface area contributed by atoms with Crippen molar-refractivity contribution in [1.82, 2.24) is 25.4 Å². The highest BCUT2D eigenvalue weighted by molar-refractivity contribution is 7.85. The number of piperazine rings is 1. The Hall–Kier alpha value is -2.75. The van der Waals surface area contributed by atoms with Crippen molar-refractivity contribution in [1.29, 1.82) is 0 Å². The second kappa shape index (κ2) is 17.1. The molecule has 2 saturated heterocycles. The Morgan fingerprint density at radius 1 is 1.14 bits per heavy atom. The smallest absolute Gasteiger partial charge is 0.261 e. The molecular formula is C24H42FN7O10S2. The largest absolute Gasteiger partial charge is 0.378 e. The monoisotopic (exact) mass is 671 g/mol. The Morgan fingerprint density at radius 3 is 2.34 bits per heavy atom. The van der Waals surface area contributed by atoms with Crippen molar-refractivity contribution < 1.29 is 49.9 Å². The number of fused-ring (bicyclic) bond motifs is 1. The number of halogens is 1. The fourth-order valence-electron chi connectivity index (χ4n) is 5.18. The molecule has 0 unspecified atom stereocenters. The molecule has 2 amide bonds. The molecule has 0 spiro atoms. The van der Waals surface area contributed by atoms with Gasteiger partial charge in [-0.2, -0.15) is 21.2 Å². The first-order valence-corrected chi connectivity index (χ1v) is 17.6. The normalized spacial score (nSPS) is 19.8. The Bertz CT molecular complexity index is 1270. The second-order valence-corrected chi connectivity index (χ2v) is 13.8. The summed E-state index contributed by atoms with van der Waals surface area (Å²) in [5.41, 5.74) is 5.14. The molecule has 20 heteroatoms. The molecule has 1 aliphatic carbocycles. The van der Waals surface area contributed by atoms with E-state index in [4.69, 9.17) is 13.8 Å². The predicted octanol–water partition coefficient (Wildman–Crippen LogP) is -0.0599. The lowest BCUT2D eigenvalue weighted by Crippen LogP contribution is -2.58. The van der Waals surface area contributed by atoms with E-state index in [1.165, 1.54) is 0 Å². The maximum atomic E-state index is 15.4. The van der Waals surface area contributed by atoms with Crippen molar-refractivity contribution in [3.8, 4) is 0 Å². The van der Waals surface area contributed by atoms with E-state index < -0.39 is 37.9 Å². The number of morpholine rings is 1. The quantitative estimate of drug-likeness (QED) is 0.100. The van der Waals surface area contributed by atoms with E-state index in [1.807, 2.05) is 4.90 Å². The van der Waals surface area contributed by atoms with Gasteiger partial charge in [-0.15, -0.1) is 0 Å². The number of aromatic nitrogens is 2. The van der Waals surface area contributed by atoms with Gasteiger partial charge in [0.25, 0.3) is 20.2 Å². The zero-order valence-electron chi connectivity index (χ0n) is 24.9. The minimum Gasteiger partial charge on any atom is -0.378 e. The van der Waals surface area contributed by atoms with Gasteiger partial charge in [0.15, 0.2) is 11.6 Å². The number of hydrogen-bond acceptors (Lipinski definition) is 13. The van der Waals surface area contributed by atoms with Gasteiger partial charge >= 0.3 is 0 Å². The van der Waals surface area contributed by atoms with Gasteiger partial charge in [-0.25, -0.2) is 15.0 Å². The van der Waals surface area contributed by atoms with Crippen molar-refractivity contribution in [2.24, 2.45) is 11.8 Å². The molecule has 1 saturated carbocycles. The maximum absolute atomic E-state index is 15.4. The SMILES string of the molecule is CS(=O)(=O)O.CS(=O)(=O)O.Cc1nc(NNC(=O)[C@H](CC2CCCC2)CN(O)C=O)c(F)c(N2CCN3CCOC[C@@H]3C2)n1. The molecule has 1 aromatic rings. The lowest BCUT2D eigenvalue weighted by molar-refractivity contribution is -0.154. The number of aryl methyl sites for hydroxylation is 1. The van der Waals surface area contributed by atoms with Crippen LogP contribution in [0.15, 0.2) is 0 Å². The standard InChI is InChI=1S/C22H34FN7O4.2CH4O3S/c1-15-24-20(19(23)21(25-15)29-7-6-28-8-9-34-13-18(28)12-29)26-27-22(32)17(11-30(33)14-31)10-16-4-2-3-5-16;2*1-5(2,3)4/h14,16-18,33H,2-13H2,1H3,(H,27,32)(H,24,25,26);2*1H3,(H,2,3,4)/t17-,18+;;/m1../s1. The van der Waals surface area contributed by atoms with E-state index >= 15 is 4.39 Å². The van der Waals surface area contributed by atoms with Crippen LogP contribution in [-0.2, 0) is 34.6 Å². The summed E-state index contributed by atoms with van der Waals surface area (Å²) in [7, 11) is -7.33. The van der Waals surface area contributed by atoms with Crippen LogP contribution < -0.4 is 15.8 Å². The number of hydroxylamine groups is 2. The molecule has 3 aliphatic rings. The molecule has 17 nitrogen and oxygen atoms in total. The second-order valence-electron chi connectivity index (χ2n) is 10.9. The topological polar surface area (TPSA) is 232 Å². The minimum absolute atomic E-state index is 0.117. The van der Waals surface area contributed by atoms with Crippen LogP contribution in [0.3, 0.4) is 0 Å². The molecule has 0 radical (unpaired) electrons. The van der Waals surface area contributed by atoms with E-state index in [0.29, 0.717) is 62.0 Å². The van der Waals surface area contributed by atoms with Crippen LogP contribution in [-0.4, -0.2) is 128 Å². The first-order chi connectivity index (χ1) is 20.4. The van der Waals surface area contributed by atoms with Crippen LogP contribution in [0.4, 0.5) is 16.0 Å². The van der Waals surface area contributed by atoms with Gasteiger partial charge in [0, 0.05) is 26.2 Å². The molecule has 2 atom stereocenters. The van der Waals surface area contributed by atoms with Gasteiger partial charge in [0.1, 0.15) is 5.82 Å². The number of hydrogen-bond donors (Lipinski definition) is 5. The lowest BCUT2D eigenvalue weighted by Gasteiger charge is -2.44. The molecule has 3 heterocycles. The van der Waals surface area contributed by atoms with Crippen LogP contribution in [0.2, 0.25) is 0 Å². The molecule has 3 fully saturated rings. The summed E-state index contributed by atoms with van der Waals surface area (Å²) in [5, 5.41) is 10.1. The highest BCUT2D eigenvalue weighted by Gasteiger charge is 2.32. The van der Waals surface area contributed by atoms with Gasteiger partial charge < -0.3 is 9.64 Å². The number of rotatable bonds is 9. The van der Waals surface area contributed by atoms with E-state index in [2.05, 4.69) is 25.7 Å². The fourth-order valence-corrected chi connectivity index (χ4v) is 5.18. The number of nitrogens with zero attached hydrogens (tertiary/aromatic N) is 5. The molecule has 1 aromatic heterocycles. The first kappa shape index (κ1) is 37.4. The molecular weight excluding hydrogens is 629 g/mol. The zero-order chi connectivity index (χ0) is 33.1. The molecule has 0 aromatic carbocycles. The molecule has 2 aliphatic heterocycles. The van der Waals surface area contributed by atoms with Crippen LogP contribution in [0.25, 0.3) is 0 Å². The van der Waals surface area contributed by atoms with Crippen molar-refractivity contribution in [2.75, 3.05) is 68.8 Å². The third-order valence-electron chi connectivity index (χ3n) is 6.98. The van der Waals surface area contributed by atoms with Crippen molar-refractivity contribution in [3.05, 3.63) is 11.6 Å². The third kappa shape index (κ3) is 14.4. The van der Waals surface area contributed by atoms with Crippen molar-refractivity contribution >= 4 is 44.2 Å². The summed E-state index contributed by atoms with van der Waals surface area (Å²) in [5.74, 6) is -0.884. The number of hydrazine groups is 1. The van der Waals surface area contributed by atoms with E-state index in [0.717, 1.165) is 38.8 Å². The number of carbonyl (C=O) groups excluding carboxylic acids is 2. The molecule has 0 bridgehead atoms. The van der Waals surface area contributed by atoms with E-state index in [-0.39, 0.29) is 30.6 Å². The van der Waals surface area contributed by atoms with Crippen LogP contribution in [0.1, 0.15) is 37.9 Å². The van der Waals surface area contributed by atoms with Crippen LogP contribution >= 0.6 is 0 Å². The highest BCUT2D eigenvalue weighted by atomic mass is 32.2. The number of carbonyl (C=O) groups is 2.